The topological polar surface area (TPSA) is 43.8 Å². The van der Waals surface area contributed by atoms with E-state index in [9.17, 15) is 0 Å². The average Bonchev–Trinajstić information content (AvgIpc) is 2.80. The van der Waals surface area contributed by atoms with Crippen molar-refractivity contribution in [2.24, 2.45) is 5.92 Å². The summed E-state index contributed by atoms with van der Waals surface area (Å²) >= 11 is 0. The molecule has 1 heterocycles. The molecule has 2 rings (SSSR count). The summed E-state index contributed by atoms with van der Waals surface area (Å²) in [5, 5.41) is 4.36. The second kappa shape index (κ2) is 2.51. The van der Waals surface area contributed by atoms with Crippen molar-refractivity contribution in [3.8, 4) is 0 Å². The molecule has 3 nitrogen and oxygen atoms in total. The van der Waals surface area contributed by atoms with Crippen molar-refractivity contribution in [1.29, 1.82) is 0 Å². The van der Waals surface area contributed by atoms with Crippen LogP contribution in [-0.2, 0) is 0 Å². The Balaban J connectivity index is 2.21. The van der Waals surface area contributed by atoms with Crippen molar-refractivity contribution in [2.75, 3.05) is 5.73 Å². The van der Waals surface area contributed by atoms with Crippen LogP contribution in [-0.4, -0.2) is 9.78 Å². The lowest BCUT2D eigenvalue weighted by atomic mass is 10.2. The van der Waals surface area contributed by atoms with Gasteiger partial charge in [0.1, 0.15) is 0 Å². The van der Waals surface area contributed by atoms with Gasteiger partial charge in [0, 0.05) is 6.20 Å². The van der Waals surface area contributed by atoms with Gasteiger partial charge in [-0.2, -0.15) is 5.10 Å². The highest BCUT2D eigenvalue weighted by Gasteiger charge is 2.29. The number of aryl methyl sites for hydroxylation is 1. The van der Waals surface area contributed by atoms with Crippen LogP contribution in [0.4, 0.5) is 5.69 Å². The molecule has 2 N–H and O–H groups in total. The van der Waals surface area contributed by atoms with Crippen LogP contribution in [0.25, 0.3) is 0 Å². The summed E-state index contributed by atoms with van der Waals surface area (Å²) in [4.78, 5) is 0. The number of nitrogens with two attached hydrogens (primary N) is 1. The van der Waals surface area contributed by atoms with E-state index in [0.717, 1.165) is 17.3 Å². The predicted octanol–water partition coefficient (Wildman–Crippen LogP) is 1.74. The number of hydrogen-bond donors (Lipinski definition) is 1. The second-order valence-electron chi connectivity index (χ2n) is 3.73. The molecule has 1 aliphatic rings. The van der Waals surface area contributed by atoms with Crippen molar-refractivity contribution in [3.05, 3.63) is 11.9 Å². The molecule has 0 amide bonds. The van der Waals surface area contributed by atoms with Gasteiger partial charge in [0.05, 0.1) is 17.4 Å². The molecule has 12 heavy (non-hydrogen) atoms. The summed E-state index contributed by atoms with van der Waals surface area (Å²) in [5.74, 6) is 0.837. The standard InChI is InChI=1S/C9H15N3/c1-6-9(10)5-12(11-6)7(2)8-3-4-8/h5,7-8H,3-4,10H2,1-2H3. The SMILES string of the molecule is Cc1nn(C(C)C2CC2)cc1N. The molecule has 3 heteroatoms. The van der Waals surface area contributed by atoms with Crippen LogP contribution in [0.5, 0.6) is 0 Å². The van der Waals surface area contributed by atoms with Crippen molar-refractivity contribution >= 4 is 5.69 Å². The van der Waals surface area contributed by atoms with Crippen molar-refractivity contribution in [2.45, 2.75) is 32.7 Å². The summed E-state index contributed by atoms with van der Waals surface area (Å²) < 4.78 is 2.00. The van der Waals surface area contributed by atoms with Crippen LogP contribution in [0.3, 0.4) is 0 Å². The van der Waals surface area contributed by atoms with Crippen molar-refractivity contribution in [1.82, 2.24) is 9.78 Å². The first-order valence-corrected chi connectivity index (χ1v) is 4.49. The number of nitrogens with zero attached hydrogens (tertiary/aromatic N) is 2. The molecular formula is C9H15N3. The summed E-state index contributed by atoms with van der Waals surface area (Å²) in [6, 6.07) is 0.529. The van der Waals surface area contributed by atoms with E-state index < -0.39 is 0 Å². The second-order valence-corrected chi connectivity index (χ2v) is 3.73. The van der Waals surface area contributed by atoms with Gasteiger partial charge in [-0.3, -0.25) is 4.68 Å². The van der Waals surface area contributed by atoms with Gasteiger partial charge in [0.2, 0.25) is 0 Å². The molecule has 1 saturated carbocycles. The van der Waals surface area contributed by atoms with E-state index in [-0.39, 0.29) is 0 Å². The quantitative estimate of drug-likeness (QED) is 0.725. The van der Waals surface area contributed by atoms with Gasteiger partial charge in [0.15, 0.2) is 0 Å². The van der Waals surface area contributed by atoms with Crippen molar-refractivity contribution < 1.29 is 0 Å². The van der Waals surface area contributed by atoms with Crippen LogP contribution in [0.1, 0.15) is 31.5 Å². The Morgan fingerprint density at radius 1 is 1.67 bits per heavy atom. The third-order valence-electron chi connectivity index (χ3n) is 2.68. The molecule has 0 aromatic carbocycles. The van der Waals surface area contributed by atoms with Gasteiger partial charge in [-0.1, -0.05) is 0 Å². The summed E-state index contributed by atoms with van der Waals surface area (Å²) in [7, 11) is 0. The maximum absolute atomic E-state index is 5.72. The van der Waals surface area contributed by atoms with E-state index in [1.165, 1.54) is 12.8 Å². The molecule has 66 valence electrons. The predicted molar refractivity (Wildman–Crippen MR) is 48.8 cm³/mol. The Kier molecular flexibility index (Phi) is 1.60. The zero-order valence-corrected chi connectivity index (χ0v) is 7.62. The third-order valence-corrected chi connectivity index (χ3v) is 2.68. The number of aromatic nitrogens is 2. The lowest BCUT2D eigenvalue weighted by molar-refractivity contribution is 0.438. The van der Waals surface area contributed by atoms with Gasteiger partial charge in [0.25, 0.3) is 0 Å². The summed E-state index contributed by atoms with van der Waals surface area (Å²) in [6.07, 6.45) is 4.64. The number of anilines is 1. The highest BCUT2D eigenvalue weighted by atomic mass is 15.3. The largest absolute Gasteiger partial charge is 0.396 e. The van der Waals surface area contributed by atoms with E-state index in [2.05, 4.69) is 12.0 Å². The van der Waals surface area contributed by atoms with Gasteiger partial charge in [-0.15, -0.1) is 0 Å². The molecule has 1 aromatic heterocycles. The Morgan fingerprint density at radius 2 is 2.33 bits per heavy atom. The van der Waals surface area contributed by atoms with E-state index in [1.807, 2.05) is 17.8 Å². The Morgan fingerprint density at radius 3 is 2.75 bits per heavy atom. The minimum Gasteiger partial charge on any atom is -0.396 e. The van der Waals surface area contributed by atoms with Crippen LogP contribution in [0.15, 0.2) is 6.20 Å². The fraction of sp³-hybridized carbons (Fsp3) is 0.667. The number of nitrogen functional groups attached to an aromatic ring is 1. The first kappa shape index (κ1) is 7.65. The molecule has 1 fully saturated rings. The lowest BCUT2D eigenvalue weighted by Crippen LogP contribution is -2.07. The molecule has 0 aliphatic heterocycles. The monoisotopic (exact) mass is 165 g/mol. The molecule has 1 aliphatic carbocycles. The highest BCUT2D eigenvalue weighted by molar-refractivity contribution is 5.39. The van der Waals surface area contributed by atoms with Gasteiger partial charge in [-0.05, 0) is 32.6 Å². The molecular weight excluding hydrogens is 150 g/mol. The molecule has 0 spiro atoms. The first-order valence-electron chi connectivity index (χ1n) is 4.49. The molecule has 1 atom stereocenters. The van der Waals surface area contributed by atoms with Gasteiger partial charge in [-0.25, -0.2) is 0 Å². The van der Waals surface area contributed by atoms with E-state index in [0.29, 0.717) is 6.04 Å². The molecule has 0 bridgehead atoms. The number of hydrogen-bond acceptors (Lipinski definition) is 2. The lowest BCUT2D eigenvalue weighted by Gasteiger charge is -2.09. The smallest absolute Gasteiger partial charge is 0.0823 e. The summed E-state index contributed by atoms with van der Waals surface area (Å²) in [6.45, 7) is 4.16. The van der Waals surface area contributed by atoms with Crippen LogP contribution < -0.4 is 5.73 Å². The van der Waals surface area contributed by atoms with Gasteiger partial charge >= 0.3 is 0 Å². The highest BCUT2D eigenvalue weighted by Crippen LogP contribution is 2.39. The Hall–Kier alpha value is -0.990. The molecule has 0 radical (unpaired) electrons. The van der Waals surface area contributed by atoms with E-state index in [1.54, 1.807) is 0 Å². The molecule has 0 saturated heterocycles. The average molecular weight is 165 g/mol. The molecule has 1 aromatic rings. The zero-order valence-electron chi connectivity index (χ0n) is 7.62. The summed E-state index contributed by atoms with van der Waals surface area (Å²) in [5.41, 5.74) is 7.47. The first-order chi connectivity index (χ1) is 5.68. The van der Waals surface area contributed by atoms with E-state index in [4.69, 9.17) is 5.73 Å². The van der Waals surface area contributed by atoms with Crippen LogP contribution in [0, 0.1) is 12.8 Å². The fourth-order valence-corrected chi connectivity index (χ4v) is 1.50. The van der Waals surface area contributed by atoms with Crippen LogP contribution >= 0.6 is 0 Å². The fourth-order valence-electron chi connectivity index (χ4n) is 1.50. The van der Waals surface area contributed by atoms with Crippen LogP contribution in [0.2, 0.25) is 0 Å². The Bertz CT molecular complexity index is 266. The minimum absolute atomic E-state index is 0.529. The van der Waals surface area contributed by atoms with E-state index >= 15 is 0 Å². The normalized spacial score (nSPS) is 19.5. The van der Waals surface area contributed by atoms with Gasteiger partial charge < -0.3 is 5.73 Å². The molecule has 1 unspecified atom stereocenters. The third kappa shape index (κ3) is 1.19. The Labute approximate surface area is 72.6 Å². The minimum atomic E-state index is 0.529. The maximum Gasteiger partial charge on any atom is 0.0823 e. The maximum atomic E-state index is 5.72. The zero-order chi connectivity index (χ0) is 8.72. The number of rotatable bonds is 2. The van der Waals surface area contributed by atoms with Crippen molar-refractivity contribution in [3.63, 3.8) is 0 Å².